The van der Waals surface area contributed by atoms with Crippen molar-refractivity contribution in [1.29, 1.82) is 0 Å². The van der Waals surface area contributed by atoms with Crippen LogP contribution >= 0.6 is 24.0 Å². The maximum Gasteiger partial charge on any atom is 0.191 e. The molecule has 2 N–H and O–H groups in total. The summed E-state index contributed by atoms with van der Waals surface area (Å²) in [5.74, 6) is 1.67. The van der Waals surface area contributed by atoms with Crippen molar-refractivity contribution in [2.24, 2.45) is 4.99 Å². The number of nitrogens with zero attached hydrogens (tertiary/aromatic N) is 3. The number of rotatable bonds is 8. The van der Waals surface area contributed by atoms with Crippen LogP contribution in [-0.4, -0.2) is 42.3 Å². The van der Waals surface area contributed by atoms with Crippen molar-refractivity contribution >= 4 is 41.0 Å². The van der Waals surface area contributed by atoms with E-state index < -0.39 is 0 Å². The molecule has 0 saturated heterocycles. The first-order valence-corrected chi connectivity index (χ1v) is 8.89. The molecule has 1 aromatic heterocycles. The number of hydrogen-bond acceptors (Lipinski definition) is 3. The SMILES string of the molecule is CN=C(NCCCn1cnc2ccccc21)NCCOc1ccccc1.I. The fourth-order valence-corrected chi connectivity index (χ4v) is 2.72. The fraction of sp³-hybridized carbons (Fsp3) is 0.300. The number of para-hydroxylation sites is 3. The van der Waals surface area contributed by atoms with Crippen LogP contribution in [0.3, 0.4) is 0 Å². The Balaban J connectivity index is 0.00000261. The monoisotopic (exact) mass is 479 g/mol. The lowest BCUT2D eigenvalue weighted by atomic mass is 10.3. The normalized spacial score (nSPS) is 11.1. The van der Waals surface area contributed by atoms with E-state index in [1.165, 1.54) is 5.52 Å². The van der Waals surface area contributed by atoms with Gasteiger partial charge in [-0.05, 0) is 30.7 Å². The maximum atomic E-state index is 5.66. The summed E-state index contributed by atoms with van der Waals surface area (Å²) in [4.78, 5) is 8.65. The quantitative estimate of drug-likeness (QED) is 0.225. The van der Waals surface area contributed by atoms with Gasteiger partial charge in [-0.15, -0.1) is 24.0 Å². The molecule has 0 amide bonds. The number of benzene rings is 2. The molecule has 0 unspecified atom stereocenters. The fourth-order valence-electron chi connectivity index (χ4n) is 2.72. The number of imidazole rings is 1. The summed E-state index contributed by atoms with van der Waals surface area (Å²) >= 11 is 0. The molecule has 1 heterocycles. The highest BCUT2D eigenvalue weighted by molar-refractivity contribution is 14.0. The van der Waals surface area contributed by atoms with E-state index >= 15 is 0 Å². The zero-order valence-electron chi connectivity index (χ0n) is 15.5. The van der Waals surface area contributed by atoms with Crippen molar-refractivity contribution in [2.45, 2.75) is 13.0 Å². The van der Waals surface area contributed by atoms with Crippen molar-refractivity contribution in [3.63, 3.8) is 0 Å². The Bertz CT molecular complexity index is 835. The minimum atomic E-state index is 0. The van der Waals surface area contributed by atoms with E-state index in [1.54, 1.807) is 7.05 Å². The van der Waals surface area contributed by atoms with Gasteiger partial charge in [0.2, 0.25) is 0 Å². The number of nitrogens with one attached hydrogen (secondary N) is 2. The molecule has 0 saturated carbocycles. The Labute approximate surface area is 177 Å². The average molecular weight is 479 g/mol. The van der Waals surface area contributed by atoms with E-state index in [2.05, 4.69) is 31.2 Å². The third-order valence-electron chi connectivity index (χ3n) is 4.03. The van der Waals surface area contributed by atoms with Gasteiger partial charge >= 0.3 is 0 Å². The summed E-state index contributed by atoms with van der Waals surface area (Å²) in [5, 5.41) is 6.59. The molecule has 0 aliphatic heterocycles. The van der Waals surface area contributed by atoms with Crippen LogP contribution in [0.5, 0.6) is 5.75 Å². The first kappa shape index (κ1) is 21.0. The number of aliphatic imine (C=N–C) groups is 1. The number of hydrogen-bond donors (Lipinski definition) is 2. The standard InChI is InChI=1S/C20H25N5O.HI/c1-21-20(23-13-15-26-17-8-3-2-4-9-17)22-12-7-14-25-16-24-18-10-5-6-11-19(18)25;/h2-6,8-11,16H,7,12-15H2,1H3,(H2,21,22,23);1H. The summed E-state index contributed by atoms with van der Waals surface area (Å²) in [6, 6.07) is 18.0. The third kappa shape index (κ3) is 6.42. The number of aryl methyl sites for hydroxylation is 1. The minimum Gasteiger partial charge on any atom is -0.492 e. The summed E-state index contributed by atoms with van der Waals surface area (Å²) in [7, 11) is 1.77. The smallest absolute Gasteiger partial charge is 0.191 e. The summed E-state index contributed by atoms with van der Waals surface area (Å²) in [6.07, 6.45) is 2.89. The third-order valence-corrected chi connectivity index (χ3v) is 4.03. The van der Waals surface area contributed by atoms with E-state index in [-0.39, 0.29) is 24.0 Å². The Hall–Kier alpha value is -2.29. The molecule has 144 valence electrons. The molecule has 2 aromatic carbocycles. The average Bonchev–Trinajstić information content (AvgIpc) is 3.11. The van der Waals surface area contributed by atoms with Crippen molar-refractivity contribution in [2.75, 3.05) is 26.7 Å². The first-order chi connectivity index (χ1) is 12.9. The van der Waals surface area contributed by atoms with Crippen molar-refractivity contribution in [3.05, 3.63) is 60.9 Å². The highest BCUT2D eigenvalue weighted by Gasteiger charge is 2.01. The summed E-state index contributed by atoms with van der Waals surface area (Å²) in [6.45, 7) is 3.04. The van der Waals surface area contributed by atoms with Crippen LogP contribution in [-0.2, 0) is 6.54 Å². The van der Waals surface area contributed by atoms with Crippen LogP contribution in [0, 0.1) is 0 Å². The number of guanidine groups is 1. The second-order valence-electron chi connectivity index (χ2n) is 5.87. The van der Waals surface area contributed by atoms with Crippen molar-refractivity contribution in [3.8, 4) is 5.75 Å². The van der Waals surface area contributed by atoms with E-state index in [4.69, 9.17) is 4.74 Å². The summed E-state index contributed by atoms with van der Waals surface area (Å²) < 4.78 is 7.84. The second-order valence-corrected chi connectivity index (χ2v) is 5.87. The van der Waals surface area contributed by atoms with Crippen LogP contribution in [0.25, 0.3) is 11.0 Å². The lowest BCUT2D eigenvalue weighted by molar-refractivity contribution is 0.322. The van der Waals surface area contributed by atoms with Gasteiger partial charge in [-0.1, -0.05) is 30.3 Å². The molecule has 0 aliphatic carbocycles. The number of fused-ring (bicyclic) bond motifs is 1. The van der Waals surface area contributed by atoms with Gasteiger partial charge in [-0.25, -0.2) is 4.98 Å². The molecule has 3 aromatic rings. The summed E-state index contributed by atoms with van der Waals surface area (Å²) in [5.41, 5.74) is 2.21. The molecular weight excluding hydrogens is 453 g/mol. The minimum absolute atomic E-state index is 0. The largest absolute Gasteiger partial charge is 0.492 e. The highest BCUT2D eigenvalue weighted by Crippen LogP contribution is 2.11. The van der Waals surface area contributed by atoms with Crippen LogP contribution in [0.1, 0.15) is 6.42 Å². The number of ether oxygens (including phenoxy) is 1. The van der Waals surface area contributed by atoms with Crippen LogP contribution in [0.2, 0.25) is 0 Å². The van der Waals surface area contributed by atoms with Gasteiger partial charge in [0.15, 0.2) is 5.96 Å². The zero-order valence-corrected chi connectivity index (χ0v) is 17.8. The van der Waals surface area contributed by atoms with Gasteiger partial charge in [0.25, 0.3) is 0 Å². The number of aromatic nitrogens is 2. The van der Waals surface area contributed by atoms with Gasteiger partial charge in [-0.2, -0.15) is 0 Å². The van der Waals surface area contributed by atoms with Crippen molar-refractivity contribution < 1.29 is 4.74 Å². The molecule has 7 heteroatoms. The lowest BCUT2D eigenvalue weighted by Crippen LogP contribution is -2.39. The number of halogens is 1. The Morgan fingerprint density at radius 3 is 2.59 bits per heavy atom. The van der Waals surface area contributed by atoms with Gasteiger partial charge in [0.1, 0.15) is 12.4 Å². The Kier molecular flexibility index (Phi) is 8.90. The van der Waals surface area contributed by atoms with Gasteiger partial charge < -0.3 is 19.9 Å². The molecule has 0 atom stereocenters. The topological polar surface area (TPSA) is 63.5 Å². The first-order valence-electron chi connectivity index (χ1n) is 8.89. The van der Waals surface area contributed by atoms with Crippen LogP contribution in [0.4, 0.5) is 0 Å². The predicted octanol–water partition coefficient (Wildman–Crippen LogP) is 3.29. The zero-order chi connectivity index (χ0) is 18.0. The molecule has 3 rings (SSSR count). The highest BCUT2D eigenvalue weighted by atomic mass is 127. The Morgan fingerprint density at radius 1 is 1.04 bits per heavy atom. The molecule has 6 nitrogen and oxygen atoms in total. The van der Waals surface area contributed by atoms with Gasteiger partial charge in [-0.3, -0.25) is 4.99 Å². The molecule has 0 fully saturated rings. The van der Waals surface area contributed by atoms with E-state index in [0.717, 1.165) is 36.7 Å². The lowest BCUT2D eigenvalue weighted by Gasteiger charge is -2.12. The van der Waals surface area contributed by atoms with Crippen LogP contribution < -0.4 is 15.4 Å². The predicted molar refractivity (Wildman–Crippen MR) is 121 cm³/mol. The molecule has 0 spiro atoms. The Morgan fingerprint density at radius 2 is 1.78 bits per heavy atom. The maximum absolute atomic E-state index is 5.66. The van der Waals surface area contributed by atoms with E-state index in [9.17, 15) is 0 Å². The van der Waals surface area contributed by atoms with E-state index in [0.29, 0.717) is 13.2 Å². The van der Waals surface area contributed by atoms with Crippen LogP contribution in [0.15, 0.2) is 65.9 Å². The molecule has 0 bridgehead atoms. The van der Waals surface area contributed by atoms with Gasteiger partial charge in [0.05, 0.1) is 23.9 Å². The van der Waals surface area contributed by atoms with Gasteiger partial charge in [0, 0.05) is 20.1 Å². The molecule has 0 aliphatic rings. The van der Waals surface area contributed by atoms with E-state index in [1.807, 2.05) is 54.9 Å². The second kappa shape index (κ2) is 11.4. The molecular formula is C20H26IN5O. The molecule has 0 radical (unpaired) electrons. The van der Waals surface area contributed by atoms with Crippen molar-refractivity contribution in [1.82, 2.24) is 20.2 Å². The molecule has 27 heavy (non-hydrogen) atoms.